The first-order valence-electron chi connectivity index (χ1n) is 5.25. The van der Waals surface area contributed by atoms with Crippen LogP contribution in [0.1, 0.15) is 14.4 Å². The molecule has 0 unspecified atom stereocenters. The molecule has 0 bridgehead atoms. The van der Waals surface area contributed by atoms with Gasteiger partial charge >= 0.3 is 0 Å². The summed E-state index contributed by atoms with van der Waals surface area (Å²) in [6.45, 7) is 1.82. The first-order chi connectivity index (χ1) is 7.99. The van der Waals surface area contributed by atoms with Crippen molar-refractivity contribution in [2.24, 2.45) is 0 Å². The molecule has 0 spiro atoms. The van der Waals surface area contributed by atoms with Crippen LogP contribution in [0, 0.1) is 0 Å². The van der Waals surface area contributed by atoms with Crippen LogP contribution < -0.4 is 21.9 Å². The summed E-state index contributed by atoms with van der Waals surface area (Å²) in [6.07, 6.45) is -1.87. The van der Waals surface area contributed by atoms with E-state index in [1.165, 1.54) is 6.92 Å². The molecule has 0 radical (unpaired) electrons. The molecule has 8 heteroatoms. The van der Waals surface area contributed by atoms with Crippen LogP contribution in [-0.4, -0.2) is 45.0 Å². The SMILES string of the molecule is C.C[C@H](O)[C@H](O)[C@@H]1CNc2nc(N)[nH]c(=O)c2N1. The highest BCUT2D eigenvalue weighted by molar-refractivity contribution is 5.67. The Morgan fingerprint density at radius 1 is 1.50 bits per heavy atom. The number of anilines is 3. The van der Waals surface area contributed by atoms with Gasteiger partial charge in [-0.15, -0.1) is 0 Å². The second-order valence-electron chi connectivity index (χ2n) is 4.04. The van der Waals surface area contributed by atoms with Gasteiger partial charge in [-0.3, -0.25) is 9.78 Å². The van der Waals surface area contributed by atoms with Crippen LogP contribution in [-0.2, 0) is 0 Å². The van der Waals surface area contributed by atoms with Crippen molar-refractivity contribution in [1.29, 1.82) is 0 Å². The van der Waals surface area contributed by atoms with Crippen LogP contribution in [0.15, 0.2) is 4.79 Å². The summed E-state index contributed by atoms with van der Waals surface area (Å²) in [4.78, 5) is 17.9. The van der Waals surface area contributed by atoms with Crippen molar-refractivity contribution < 1.29 is 10.2 Å². The van der Waals surface area contributed by atoms with Crippen molar-refractivity contribution in [3.63, 3.8) is 0 Å². The fourth-order valence-electron chi connectivity index (χ4n) is 1.74. The van der Waals surface area contributed by atoms with Crippen LogP contribution in [0.3, 0.4) is 0 Å². The maximum Gasteiger partial charge on any atom is 0.277 e. The number of aromatic amines is 1. The average molecular weight is 257 g/mol. The third-order valence-electron chi connectivity index (χ3n) is 2.66. The Morgan fingerprint density at radius 2 is 2.17 bits per heavy atom. The third kappa shape index (κ3) is 2.54. The summed E-state index contributed by atoms with van der Waals surface area (Å²) in [5, 5.41) is 24.7. The summed E-state index contributed by atoms with van der Waals surface area (Å²) >= 11 is 0. The Morgan fingerprint density at radius 3 is 2.78 bits per heavy atom. The van der Waals surface area contributed by atoms with Gasteiger partial charge < -0.3 is 26.6 Å². The van der Waals surface area contributed by atoms with Gasteiger partial charge in [0.1, 0.15) is 11.8 Å². The number of rotatable bonds is 2. The number of aromatic nitrogens is 2. The Bertz CT molecular complexity index is 473. The molecule has 0 aromatic carbocycles. The first-order valence-corrected chi connectivity index (χ1v) is 5.25. The molecular formula is C10H19N5O3. The van der Waals surface area contributed by atoms with Crippen LogP contribution in [0.25, 0.3) is 0 Å². The number of nitrogens with one attached hydrogen (secondary N) is 3. The molecule has 0 saturated heterocycles. The van der Waals surface area contributed by atoms with Crippen LogP contribution in [0.4, 0.5) is 17.5 Å². The number of nitrogen functional groups attached to an aromatic ring is 1. The number of hydrogen-bond acceptors (Lipinski definition) is 7. The van der Waals surface area contributed by atoms with Gasteiger partial charge in [-0.2, -0.15) is 4.98 Å². The number of fused-ring (bicyclic) bond motifs is 1. The largest absolute Gasteiger partial charge is 0.391 e. The van der Waals surface area contributed by atoms with E-state index in [2.05, 4.69) is 20.6 Å². The Kier molecular flexibility index (Phi) is 4.15. The highest BCUT2D eigenvalue weighted by Gasteiger charge is 2.29. The standard InChI is InChI=1S/C9H15N5O3.CH4/c1-3(15)6(16)4-2-11-7-5(12-4)8(17)14-9(10)13-7;/h3-4,6,12,15-16H,2H2,1H3,(H4,10,11,13,14,17);1H4/t3-,4-,6-;/m0./s1. The van der Waals surface area contributed by atoms with Crippen LogP contribution >= 0.6 is 0 Å². The molecule has 0 saturated carbocycles. The zero-order chi connectivity index (χ0) is 12.6. The number of nitrogens with two attached hydrogens (primary N) is 1. The van der Waals surface area contributed by atoms with Crippen molar-refractivity contribution in [3.05, 3.63) is 10.4 Å². The van der Waals surface area contributed by atoms with E-state index >= 15 is 0 Å². The molecule has 8 nitrogen and oxygen atoms in total. The maximum absolute atomic E-state index is 11.6. The monoisotopic (exact) mass is 257 g/mol. The Hall–Kier alpha value is -1.80. The van der Waals surface area contributed by atoms with Gasteiger partial charge in [0, 0.05) is 6.54 Å². The molecule has 3 atom stereocenters. The van der Waals surface area contributed by atoms with E-state index in [-0.39, 0.29) is 19.1 Å². The quantitative estimate of drug-likeness (QED) is 0.397. The fraction of sp³-hybridized carbons (Fsp3) is 0.600. The van der Waals surface area contributed by atoms with Crippen LogP contribution in [0.5, 0.6) is 0 Å². The van der Waals surface area contributed by atoms with E-state index in [1.807, 2.05) is 0 Å². The second-order valence-corrected chi connectivity index (χ2v) is 4.04. The summed E-state index contributed by atoms with van der Waals surface area (Å²) < 4.78 is 0. The lowest BCUT2D eigenvalue weighted by Gasteiger charge is -2.31. The topological polar surface area (TPSA) is 136 Å². The van der Waals surface area contributed by atoms with Gasteiger partial charge in [-0.05, 0) is 6.92 Å². The molecule has 0 aliphatic carbocycles. The molecule has 7 N–H and O–H groups in total. The summed E-state index contributed by atoms with van der Waals surface area (Å²) in [5.74, 6) is 0.373. The van der Waals surface area contributed by atoms with E-state index in [0.717, 1.165) is 0 Å². The van der Waals surface area contributed by atoms with Gasteiger partial charge in [0.05, 0.1) is 12.1 Å². The number of H-pyrrole nitrogens is 1. The summed E-state index contributed by atoms with van der Waals surface area (Å²) in [5.41, 5.74) is 5.20. The molecule has 1 aromatic rings. The lowest BCUT2D eigenvalue weighted by atomic mass is 10.0. The lowest BCUT2D eigenvalue weighted by Crippen LogP contribution is -2.48. The zero-order valence-electron chi connectivity index (χ0n) is 9.27. The van der Waals surface area contributed by atoms with Gasteiger partial charge in [-0.1, -0.05) is 7.43 Å². The summed E-state index contributed by atoms with van der Waals surface area (Å²) in [6, 6.07) is -0.464. The molecule has 18 heavy (non-hydrogen) atoms. The predicted octanol–water partition coefficient (Wildman–Crippen LogP) is -1.06. The molecule has 1 aliphatic heterocycles. The number of aliphatic hydroxyl groups excluding tert-OH is 2. The smallest absolute Gasteiger partial charge is 0.277 e. The van der Waals surface area contributed by atoms with E-state index in [9.17, 15) is 15.0 Å². The highest BCUT2D eigenvalue weighted by atomic mass is 16.3. The predicted molar refractivity (Wildman–Crippen MR) is 69.6 cm³/mol. The van der Waals surface area contributed by atoms with Gasteiger partial charge in [0.25, 0.3) is 5.56 Å². The number of hydrogen-bond donors (Lipinski definition) is 6. The van der Waals surface area contributed by atoms with Gasteiger partial charge in [0.2, 0.25) is 5.95 Å². The highest BCUT2D eigenvalue weighted by Crippen LogP contribution is 2.21. The molecule has 102 valence electrons. The average Bonchev–Trinajstić information content (AvgIpc) is 2.27. The third-order valence-corrected chi connectivity index (χ3v) is 2.66. The molecule has 1 aromatic heterocycles. The van der Waals surface area contributed by atoms with E-state index in [0.29, 0.717) is 12.4 Å². The van der Waals surface area contributed by atoms with Crippen molar-refractivity contribution in [3.8, 4) is 0 Å². The van der Waals surface area contributed by atoms with E-state index in [1.54, 1.807) is 0 Å². The van der Waals surface area contributed by atoms with Crippen molar-refractivity contribution >= 4 is 17.5 Å². The second kappa shape index (κ2) is 5.23. The minimum Gasteiger partial charge on any atom is -0.391 e. The maximum atomic E-state index is 11.6. The first kappa shape index (κ1) is 14.3. The van der Waals surface area contributed by atoms with Crippen molar-refractivity contribution in [1.82, 2.24) is 9.97 Å². The lowest BCUT2D eigenvalue weighted by molar-refractivity contribution is 0.0214. The fourth-order valence-corrected chi connectivity index (χ4v) is 1.74. The van der Waals surface area contributed by atoms with Gasteiger partial charge in [-0.25, -0.2) is 0 Å². The van der Waals surface area contributed by atoms with E-state index in [4.69, 9.17) is 5.73 Å². The molecule has 0 fully saturated rings. The minimum atomic E-state index is -0.979. The van der Waals surface area contributed by atoms with Crippen molar-refractivity contribution in [2.45, 2.75) is 32.6 Å². The molecular weight excluding hydrogens is 238 g/mol. The Labute approximate surface area is 104 Å². The molecule has 1 aliphatic rings. The Balaban J connectivity index is 0.00000162. The van der Waals surface area contributed by atoms with Crippen LogP contribution in [0.2, 0.25) is 0 Å². The number of nitrogens with zero attached hydrogens (tertiary/aromatic N) is 1. The normalized spacial score (nSPS) is 20.7. The molecule has 2 rings (SSSR count). The van der Waals surface area contributed by atoms with Crippen molar-refractivity contribution in [2.75, 3.05) is 22.9 Å². The molecule has 2 heterocycles. The minimum absolute atomic E-state index is 0. The van der Waals surface area contributed by atoms with Gasteiger partial charge in [0.15, 0.2) is 5.82 Å². The molecule has 0 amide bonds. The summed E-state index contributed by atoms with van der Waals surface area (Å²) in [7, 11) is 0. The zero-order valence-corrected chi connectivity index (χ0v) is 9.27. The number of aliphatic hydroxyl groups is 2. The van der Waals surface area contributed by atoms with E-state index < -0.39 is 23.8 Å².